The van der Waals surface area contributed by atoms with Gasteiger partial charge in [-0.15, -0.1) is 0 Å². The highest BCUT2D eigenvalue weighted by Gasteiger charge is 2.18. The summed E-state index contributed by atoms with van der Waals surface area (Å²) in [5.41, 5.74) is 0.898. The molecule has 3 aromatic rings. The molecule has 0 fully saturated rings. The van der Waals surface area contributed by atoms with Crippen molar-refractivity contribution >= 4 is 44.8 Å². The predicted molar refractivity (Wildman–Crippen MR) is 113 cm³/mol. The van der Waals surface area contributed by atoms with Gasteiger partial charge in [0.15, 0.2) is 0 Å². The number of hydrogen-bond acceptors (Lipinski definition) is 4. The first kappa shape index (κ1) is 21.1. The van der Waals surface area contributed by atoms with Crippen LogP contribution in [-0.2, 0) is 21.2 Å². The Balaban J connectivity index is 1.85. The topological polar surface area (TPSA) is 98.5 Å². The van der Waals surface area contributed by atoms with E-state index in [0.717, 1.165) is 0 Å². The van der Waals surface area contributed by atoms with Crippen LogP contribution in [0.5, 0.6) is 11.5 Å². The van der Waals surface area contributed by atoms with Gasteiger partial charge in [0.2, 0.25) is 15.9 Å². The second-order valence-corrected chi connectivity index (χ2v) is 8.40. The first-order valence-electron chi connectivity index (χ1n) is 8.36. The van der Waals surface area contributed by atoms with Gasteiger partial charge in [-0.2, -0.15) is 0 Å². The molecule has 3 rings (SSSR count). The SMILES string of the molecule is NS(=O)(=O)c1cc(NC(=O)Cc2ccccc2Cl)ccc1Oc1ccccc1Cl. The molecule has 0 spiro atoms. The third-order valence-electron chi connectivity index (χ3n) is 3.90. The maximum atomic E-state index is 12.3. The Labute approximate surface area is 178 Å². The molecule has 0 aliphatic carbocycles. The van der Waals surface area contributed by atoms with Crippen LogP contribution in [0.2, 0.25) is 10.0 Å². The average Bonchev–Trinajstić information content (AvgIpc) is 2.66. The normalized spacial score (nSPS) is 11.1. The Morgan fingerprint density at radius 1 is 0.931 bits per heavy atom. The Hall–Kier alpha value is -2.58. The monoisotopic (exact) mass is 450 g/mol. The molecule has 0 radical (unpaired) electrons. The van der Waals surface area contributed by atoms with Crippen molar-refractivity contribution in [3.63, 3.8) is 0 Å². The lowest BCUT2D eigenvalue weighted by Crippen LogP contribution is -2.17. The van der Waals surface area contributed by atoms with E-state index in [-0.39, 0.29) is 34.4 Å². The minimum atomic E-state index is -4.13. The molecule has 29 heavy (non-hydrogen) atoms. The van der Waals surface area contributed by atoms with Crippen molar-refractivity contribution < 1.29 is 17.9 Å². The van der Waals surface area contributed by atoms with E-state index in [0.29, 0.717) is 15.6 Å². The van der Waals surface area contributed by atoms with Crippen molar-refractivity contribution in [1.29, 1.82) is 0 Å². The molecule has 3 aromatic carbocycles. The van der Waals surface area contributed by atoms with E-state index in [9.17, 15) is 13.2 Å². The summed E-state index contributed by atoms with van der Waals surface area (Å²) in [4.78, 5) is 12.0. The highest BCUT2D eigenvalue weighted by molar-refractivity contribution is 7.89. The number of hydrogen-bond donors (Lipinski definition) is 2. The maximum absolute atomic E-state index is 12.3. The molecule has 6 nitrogen and oxygen atoms in total. The number of nitrogens with two attached hydrogens (primary N) is 1. The summed E-state index contributed by atoms with van der Waals surface area (Å²) in [5, 5.41) is 8.73. The summed E-state index contributed by atoms with van der Waals surface area (Å²) in [7, 11) is -4.13. The number of halogens is 2. The van der Waals surface area contributed by atoms with Crippen molar-refractivity contribution in [2.24, 2.45) is 5.14 Å². The smallest absolute Gasteiger partial charge is 0.241 e. The molecule has 0 aliphatic rings. The summed E-state index contributed by atoms with van der Waals surface area (Å²) in [6.45, 7) is 0. The number of primary sulfonamides is 1. The van der Waals surface area contributed by atoms with Crippen LogP contribution in [0, 0.1) is 0 Å². The largest absolute Gasteiger partial charge is 0.454 e. The number of carbonyl (C=O) groups excluding carboxylic acids is 1. The molecule has 3 N–H and O–H groups in total. The van der Waals surface area contributed by atoms with E-state index < -0.39 is 10.0 Å². The molecule has 0 saturated carbocycles. The van der Waals surface area contributed by atoms with Gasteiger partial charge in [-0.1, -0.05) is 53.5 Å². The van der Waals surface area contributed by atoms with Gasteiger partial charge in [0, 0.05) is 10.7 Å². The van der Waals surface area contributed by atoms with Crippen molar-refractivity contribution in [2.75, 3.05) is 5.32 Å². The summed E-state index contributed by atoms with van der Waals surface area (Å²) in [6.07, 6.45) is 0.0300. The van der Waals surface area contributed by atoms with E-state index in [1.54, 1.807) is 48.5 Å². The fourth-order valence-electron chi connectivity index (χ4n) is 2.56. The quantitative estimate of drug-likeness (QED) is 0.572. The van der Waals surface area contributed by atoms with E-state index >= 15 is 0 Å². The number of anilines is 1. The van der Waals surface area contributed by atoms with E-state index in [1.807, 2.05) is 0 Å². The van der Waals surface area contributed by atoms with Crippen LogP contribution >= 0.6 is 23.2 Å². The van der Waals surface area contributed by atoms with Gasteiger partial charge in [0.1, 0.15) is 16.4 Å². The number of nitrogens with one attached hydrogen (secondary N) is 1. The highest BCUT2D eigenvalue weighted by Crippen LogP contribution is 2.34. The van der Waals surface area contributed by atoms with Crippen LogP contribution in [0.4, 0.5) is 5.69 Å². The lowest BCUT2D eigenvalue weighted by molar-refractivity contribution is -0.115. The zero-order chi connectivity index (χ0) is 21.0. The first-order chi connectivity index (χ1) is 13.7. The van der Waals surface area contributed by atoms with Crippen LogP contribution in [0.1, 0.15) is 5.56 Å². The summed E-state index contributed by atoms with van der Waals surface area (Å²) in [6, 6.07) is 17.7. The number of benzene rings is 3. The van der Waals surface area contributed by atoms with Gasteiger partial charge in [-0.3, -0.25) is 4.79 Å². The highest BCUT2D eigenvalue weighted by atomic mass is 35.5. The number of ether oxygens (including phenoxy) is 1. The second-order valence-electron chi connectivity index (χ2n) is 6.06. The minimum Gasteiger partial charge on any atom is -0.454 e. The lowest BCUT2D eigenvalue weighted by Gasteiger charge is -2.13. The van der Waals surface area contributed by atoms with Crippen LogP contribution in [0.3, 0.4) is 0 Å². The molecular weight excluding hydrogens is 435 g/mol. The van der Waals surface area contributed by atoms with E-state index in [2.05, 4.69) is 5.32 Å². The molecule has 0 unspecified atom stereocenters. The number of sulfonamides is 1. The molecule has 0 aliphatic heterocycles. The zero-order valence-electron chi connectivity index (χ0n) is 14.9. The van der Waals surface area contributed by atoms with Crippen molar-refractivity contribution in [2.45, 2.75) is 11.3 Å². The van der Waals surface area contributed by atoms with Gasteiger partial charge < -0.3 is 10.1 Å². The Morgan fingerprint density at radius 2 is 1.59 bits per heavy atom. The molecule has 0 atom stereocenters. The molecule has 0 bridgehead atoms. The second kappa shape index (κ2) is 8.84. The molecule has 9 heteroatoms. The van der Waals surface area contributed by atoms with Crippen LogP contribution < -0.4 is 15.2 Å². The van der Waals surface area contributed by atoms with Gasteiger partial charge in [0.25, 0.3) is 0 Å². The zero-order valence-corrected chi connectivity index (χ0v) is 17.3. The third kappa shape index (κ3) is 5.48. The van der Waals surface area contributed by atoms with Gasteiger partial charge in [0.05, 0.1) is 11.4 Å². The standard InChI is InChI=1S/C20H16Cl2N2O4S/c21-15-6-2-1-5-13(15)11-20(25)24-14-9-10-18(19(12-14)29(23,26)27)28-17-8-4-3-7-16(17)22/h1-10,12H,11H2,(H,24,25)(H2,23,26,27). The first-order valence-corrected chi connectivity index (χ1v) is 10.7. The number of rotatable bonds is 6. The van der Waals surface area contributed by atoms with Crippen LogP contribution in [0.25, 0.3) is 0 Å². The average molecular weight is 451 g/mol. The van der Waals surface area contributed by atoms with Crippen LogP contribution in [0.15, 0.2) is 71.6 Å². The Kier molecular flexibility index (Phi) is 6.44. The Morgan fingerprint density at radius 3 is 2.24 bits per heavy atom. The van der Waals surface area contributed by atoms with E-state index in [1.165, 1.54) is 18.2 Å². The molecule has 0 heterocycles. The van der Waals surface area contributed by atoms with E-state index in [4.69, 9.17) is 33.1 Å². The summed E-state index contributed by atoms with van der Waals surface area (Å²) < 4.78 is 29.7. The van der Waals surface area contributed by atoms with Gasteiger partial charge in [-0.05, 0) is 42.0 Å². The summed E-state index contributed by atoms with van der Waals surface area (Å²) in [5.74, 6) is -0.0995. The van der Waals surface area contributed by atoms with Gasteiger partial charge in [-0.25, -0.2) is 13.6 Å². The summed E-state index contributed by atoms with van der Waals surface area (Å²) >= 11 is 12.1. The number of carbonyl (C=O) groups is 1. The van der Waals surface area contributed by atoms with Crippen molar-refractivity contribution in [3.8, 4) is 11.5 Å². The fraction of sp³-hybridized carbons (Fsp3) is 0.0500. The molecule has 0 saturated heterocycles. The minimum absolute atomic E-state index is 0.00953. The number of amides is 1. The molecule has 0 aromatic heterocycles. The maximum Gasteiger partial charge on any atom is 0.241 e. The van der Waals surface area contributed by atoms with Crippen molar-refractivity contribution in [1.82, 2.24) is 0 Å². The lowest BCUT2D eigenvalue weighted by atomic mass is 10.1. The molecule has 150 valence electrons. The fourth-order valence-corrected chi connectivity index (χ4v) is 3.62. The third-order valence-corrected chi connectivity index (χ3v) is 5.51. The molecular formula is C20H16Cl2N2O4S. The predicted octanol–water partition coefficient (Wildman–Crippen LogP) is 4.61. The van der Waals surface area contributed by atoms with Crippen LogP contribution in [-0.4, -0.2) is 14.3 Å². The Bertz CT molecular complexity index is 1170. The van der Waals surface area contributed by atoms with Gasteiger partial charge >= 0.3 is 0 Å². The molecule has 1 amide bonds. The number of para-hydroxylation sites is 1. The van der Waals surface area contributed by atoms with Crippen molar-refractivity contribution in [3.05, 3.63) is 82.3 Å².